The Hall–Kier alpha value is -2.56. The molecule has 1 aliphatic rings. The zero-order valence-electron chi connectivity index (χ0n) is 12.4. The molecule has 0 fully saturated rings. The molecule has 1 aromatic carbocycles. The first-order valence-electron chi connectivity index (χ1n) is 7.27. The number of hydrogen-bond donors (Lipinski definition) is 0. The van der Waals surface area contributed by atoms with Gasteiger partial charge in [-0.3, -0.25) is 9.78 Å². The van der Waals surface area contributed by atoms with Crippen LogP contribution in [-0.2, 0) is 11.2 Å². The van der Waals surface area contributed by atoms with Gasteiger partial charge in [0.1, 0.15) is 6.61 Å². The summed E-state index contributed by atoms with van der Waals surface area (Å²) < 4.78 is 11.3. The molecule has 0 radical (unpaired) electrons. The fourth-order valence-electron chi connectivity index (χ4n) is 2.33. The highest BCUT2D eigenvalue weighted by molar-refractivity contribution is 5.81. The highest BCUT2D eigenvalue weighted by atomic mass is 16.6. The Kier molecular flexibility index (Phi) is 4.23. The second-order valence-electron chi connectivity index (χ2n) is 5.20. The van der Waals surface area contributed by atoms with Crippen LogP contribution in [0.4, 0.5) is 0 Å². The molecule has 0 bridgehead atoms. The van der Waals surface area contributed by atoms with E-state index in [1.54, 1.807) is 18.1 Å². The van der Waals surface area contributed by atoms with Gasteiger partial charge < -0.3 is 14.4 Å². The Morgan fingerprint density at radius 3 is 2.77 bits per heavy atom. The van der Waals surface area contributed by atoms with Crippen LogP contribution in [0.25, 0.3) is 0 Å². The molecule has 5 heteroatoms. The van der Waals surface area contributed by atoms with Crippen LogP contribution in [0.5, 0.6) is 11.5 Å². The van der Waals surface area contributed by atoms with Gasteiger partial charge in [-0.2, -0.15) is 0 Å². The molecule has 2 aromatic rings. The largest absolute Gasteiger partial charge is 0.485 e. The smallest absolute Gasteiger partial charge is 0.267 e. The minimum absolute atomic E-state index is 0.0783. The normalized spacial score (nSPS) is 16.1. The summed E-state index contributed by atoms with van der Waals surface area (Å²) in [6, 6.07) is 13.2. The average molecular weight is 298 g/mol. The summed E-state index contributed by atoms with van der Waals surface area (Å²) in [7, 11) is 1.77. The maximum absolute atomic E-state index is 12.4. The quantitative estimate of drug-likeness (QED) is 0.865. The molecule has 0 saturated heterocycles. The van der Waals surface area contributed by atoms with Crippen LogP contribution in [-0.4, -0.2) is 42.1 Å². The van der Waals surface area contributed by atoms with E-state index in [-0.39, 0.29) is 12.5 Å². The number of carbonyl (C=O) groups excluding carboxylic acids is 1. The maximum atomic E-state index is 12.4. The molecular formula is C17H18N2O3. The summed E-state index contributed by atoms with van der Waals surface area (Å²) in [5, 5.41) is 0. The standard InChI is InChI=1S/C17H18N2O3/c1-19(11-9-13-6-4-5-10-18-13)17(20)16-12-21-14-7-2-3-8-15(14)22-16/h2-8,10,16H,9,11-12H2,1H3. The third kappa shape index (κ3) is 3.19. The van der Waals surface area contributed by atoms with Crippen molar-refractivity contribution in [2.24, 2.45) is 0 Å². The molecule has 5 nitrogen and oxygen atoms in total. The molecule has 114 valence electrons. The number of benzene rings is 1. The van der Waals surface area contributed by atoms with Crippen LogP contribution in [0, 0.1) is 0 Å². The molecule has 0 saturated carbocycles. The zero-order chi connectivity index (χ0) is 15.4. The molecule has 1 unspecified atom stereocenters. The first-order valence-corrected chi connectivity index (χ1v) is 7.27. The van der Waals surface area contributed by atoms with Gasteiger partial charge in [0.15, 0.2) is 11.5 Å². The molecule has 0 spiro atoms. The van der Waals surface area contributed by atoms with Gasteiger partial charge in [-0.15, -0.1) is 0 Å². The van der Waals surface area contributed by atoms with Crippen molar-refractivity contribution in [1.82, 2.24) is 9.88 Å². The molecular weight excluding hydrogens is 280 g/mol. The number of likely N-dealkylation sites (N-methyl/N-ethyl adjacent to an activating group) is 1. The van der Waals surface area contributed by atoms with E-state index in [4.69, 9.17) is 9.47 Å². The SMILES string of the molecule is CN(CCc1ccccn1)C(=O)C1COc2ccccc2O1. The van der Waals surface area contributed by atoms with Crippen LogP contribution in [0.2, 0.25) is 0 Å². The van der Waals surface area contributed by atoms with Crippen molar-refractivity contribution in [1.29, 1.82) is 0 Å². The fourth-order valence-corrected chi connectivity index (χ4v) is 2.33. The van der Waals surface area contributed by atoms with E-state index < -0.39 is 6.10 Å². The number of ether oxygens (including phenoxy) is 2. The lowest BCUT2D eigenvalue weighted by Gasteiger charge is -2.28. The average Bonchev–Trinajstić information content (AvgIpc) is 2.59. The lowest BCUT2D eigenvalue weighted by atomic mass is 10.2. The highest BCUT2D eigenvalue weighted by Gasteiger charge is 2.29. The summed E-state index contributed by atoms with van der Waals surface area (Å²) in [5.74, 6) is 1.22. The summed E-state index contributed by atoms with van der Waals surface area (Å²) in [6.07, 6.45) is 1.88. The van der Waals surface area contributed by atoms with E-state index in [1.807, 2.05) is 42.5 Å². The third-order valence-electron chi connectivity index (χ3n) is 3.59. The van der Waals surface area contributed by atoms with Gasteiger partial charge in [-0.1, -0.05) is 18.2 Å². The van der Waals surface area contributed by atoms with Gasteiger partial charge in [0.2, 0.25) is 6.10 Å². The van der Waals surface area contributed by atoms with E-state index in [0.717, 1.165) is 5.69 Å². The minimum atomic E-state index is -0.594. The van der Waals surface area contributed by atoms with E-state index in [2.05, 4.69) is 4.98 Å². The van der Waals surface area contributed by atoms with E-state index in [9.17, 15) is 4.79 Å². The van der Waals surface area contributed by atoms with E-state index in [1.165, 1.54) is 0 Å². The number of fused-ring (bicyclic) bond motifs is 1. The molecule has 1 aliphatic heterocycles. The molecule has 1 atom stereocenters. The Labute approximate surface area is 129 Å². The molecule has 1 amide bonds. The molecule has 1 aromatic heterocycles. The van der Waals surface area contributed by atoms with Gasteiger partial charge in [0.25, 0.3) is 5.91 Å². The maximum Gasteiger partial charge on any atom is 0.267 e. The third-order valence-corrected chi connectivity index (χ3v) is 3.59. The Morgan fingerprint density at radius 1 is 1.23 bits per heavy atom. The van der Waals surface area contributed by atoms with Crippen molar-refractivity contribution in [2.75, 3.05) is 20.2 Å². The summed E-state index contributed by atoms with van der Waals surface area (Å²) in [5.41, 5.74) is 0.966. The minimum Gasteiger partial charge on any atom is -0.485 e. The summed E-state index contributed by atoms with van der Waals surface area (Å²) >= 11 is 0. The predicted octanol–water partition coefficient (Wildman–Crippen LogP) is 1.92. The molecule has 0 N–H and O–H groups in total. The van der Waals surface area contributed by atoms with Crippen molar-refractivity contribution < 1.29 is 14.3 Å². The van der Waals surface area contributed by atoms with Crippen LogP contribution in [0.1, 0.15) is 5.69 Å². The number of nitrogens with zero attached hydrogens (tertiary/aromatic N) is 2. The van der Waals surface area contributed by atoms with Crippen LogP contribution < -0.4 is 9.47 Å². The Bertz CT molecular complexity index is 645. The summed E-state index contributed by atoms with van der Waals surface area (Å²) in [4.78, 5) is 18.4. The Morgan fingerprint density at radius 2 is 2.00 bits per heavy atom. The van der Waals surface area contributed by atoms with Crippen LogP contribution in [0.15, 0.2) is 48.7 Å². The van der Waals surface area contributed by atoms with Gasteiger partial charge >= 0.3 is 0 Å². The van der Waals surface area contributed by atoms with E-state index in [0.29, 0.717) is 24.5 Å². The number of aromatic nitrogens is 1. The number of amides is 1. The van der Waals surface area contributed by atoms with Gasteiger partial charge in [0, 0.05) is 31.9 Å². The van der Waals surface area contributed by atoms with Crippen molar-refractivity contribution in [3.63, 3.8) is 0 Å². The second kappa shape index (κ2) is 6.47. The number of hydrogen-bond acceptors (Lipinski definition) is 4. The molecule has 0 aliphatic carbocycles. The zero-order valence-corrected chi connectivity index (χ0v) is 12.4. The van der Waals surface area contributed by atoms with Gasteiger partial charge in [-0.25, -0.2) is 0 Å². The van der Waals surface area contributed by atoms with E-state index >= 15 is 0 Å². The lowest BCUT2D eigenvalue weighted by molar-refractivity contribution is -0.139. The molecule has 2 heterocycles. The van der Waals surface area contributed by atoms with Crippen molar-refractivity contribution in [3.8, 4) is 11.5 Å². The number of rotatable bonds is 4. The number of carbonyl (C=O) groups is 1. The monoisotopic (exact) mass is 298 g/mol. The first-order chi connectivity index (χ1) is 10.7. The van der Waals surface area contributed by atoms with Crippen molar-refractivity contribution in [3.05, 3.63) is 54.4 Å². The van der Waals surface area contributed by atoms with Crippen molar-refractivity contribution >= 4 is 5.91 Å². The Balaban J connectivity index is 1.57. The highest BCUT2D eigenvalue weighted by Crippen LogP contribution is 2.31. The first kappa shape index (κ1) is 14.4. The lowest BCUT2D eigenvalue weighted by Crippen LogP contribution is -2.45. The van der Waals surface area contributed by atoms with Gasteiger partial charge in [-0.05, 0) is 24.3 Å². The molecule has 22 heavy (non-hydrogen) atoms. The van der Waals surface area contributed by atoms with Crippen molar-refractivity contribution in [2.45, 2.75) is 12.5 Å². The fraction of sp³-hybridized carbons (Fsp3) is 0.294. The molecule has 3 rings (SSSR count). The number of para-hydroxylation sites is 2. The van der Waals surface area contributed by atoms with Crippen LogP contribution in [0.3, 0.4) is 0 Å². The topological polar surface area (TPSA) is 51.7 Å². The summed E-state index contributed by atoms with van der Waals surface area (Å²) in [6.45, 7) is 0.834. The number of pyridine rings is 1. The van der Waals surface area contributed by atoms with Gasteiger partial charge in [0.05, 0.1) is 0 Å². The van der Waals surface area contributed by atoms with Crippen LogP contribution >= 0.6 is 0 Å². The predicted molar refractivity (Wildman–Crippen MR) is 81.9 cm³/mol. The second-order valence-corrected chi connectivity index (χ2v) is 5.20.